The molecule has 5 nitrogen and oxygen atoms in total. The van der Waals surface area contributed by atoms with Crippen molar-refractivity contribution < 1.29 is 0 Å². The Labute approximate surface area is 85.7 Å². The van der Waals surface area contributed by atoms with Gasteiger partial charge in [-0.15, -0.1) is 0 Å². The van der Waals surface area contributed by atoms with Crippen molar-refractivity contribution in [3.8, 4) is 0 Å². The molecule has 2 N–H and O–H groups in total. The SMILES string of the molecule is CCNc1ncnc2nc(SC)[nH]c12. The van der Waals surface area contributed by atoms with Crippen molar-refractivity contribution in [3.63, 3.8) is 0 Å². The lowest BCUT2D eigenvalue weighted by atomic mass is 10.5. The van der Waals surface area contributed by atoms with Crippen molar-refractivity contribution in [1.82, 2.24) is 19.9 Å². The molecular weight excluding hydrogens is 198 g/mol. The van der Waals surface area contributed by atoms with Crippen LogP contribution >= 0.6 is 11.8 Å². The Hall–Kier alpha value is -1.30. The number of aromatic nitrogens is 4. The van der Waals surface area contributed by atoms with Crippen molar-refractivity contribution in [2.45, 2.75) is 12.1 Å². The Morgan fingerprint density at radius 3 is 3.07 bits per heavy atom. The topological polar surface area (TPSA) is 66.5 Å². The minimum atomic E-state index is 0.709. The number of nitrogens with zero attached hydrogens (tertiary/aromatic N) is 3. The van der Waals surface area contributed by atoms with Gasteiger partial charge in [-0.05, 0) is 13.2 Å². The normalized spacial score (nSPS) is 10.7. The van der Waals surface area contributed by atoms with Gasteiger partial charge >= 0.3 is 0 Å². The quantitative estimate of drug-likeness (QED) is 0.750. The summed E-state index contributed by atoms with van der Waals surface area (Å²) in [5.41, 5.74) is 1.58. The van der Waals surface area contributed by atoms with E-state index in [-0.39, 0.29) is 0 Å². The summed E-state index contributed by atoms with van der Waals surface area (Å²) in [6.07, 6.45) is 3.49. The predicted octanol–water partition coefficient (Wildman–Crippen LogP) is 1.51. The van der Waals surface area contributed by atoms with Crippen molar-refractivity contribution in [2.24, 2.45) is 0 Å². The average Bonchev–Trinajstić information content (AvgIpc) is 2.62. The number of fused-ring (bicyclic) bond motifs is 1. The Morgan fingerprint density at radius 1 is 1.50 bits per heavy atom. The van der Waals surface area contributed by atoms with Crippen LogP contribution in [0.5, 0.6) is 0 Å². The molecule has 0 atom stereocenters. The summed E-state index contributed by atoms with van der Waals surface area (Å²) in [5.74, 6) is 0.810. The summed E-state index contributed by atoms with van der Waals surface area (Å²) in [6, 6.07) is 0. The number of hydrogen-bond donors (Lipinski definition) is 2. The average molecular weight is 209 g/mol. The van der Waals surface area contributed by atoms with E-state index in [1.165, 1.54) is 6.33 Å². The van der Waals surface area contributed by atoms with Crippen molar-refractivity contribution in [2.75, 3.05) is 18.1 Å². The molecule has 0 aliphatic heterocycles. The zero-order valence-corrected chi connectivity index (χ0v) is 8.85. The fourth-order valence-electron chi connectivity index (χ4n) is 1.21. The van der Waals surface area contributed by atoms with Gasteiger partial charge in [0.2, 0.25) is 0 Å². The molecule has 0 spiro atoms. The van der Waals surface area contributed by atoms with E-state index in [9.17, 15) is 0 Å². The van der Waals surface area contributed by atoms with Gasteiger partial charge in [-0.2, -0.15) is 0 Å². The van der Waals surface area contributed by atoms with Gasteiger partial charge in [0.15, 0.2) is 16.6 Å². The van der Waals surface area contributed by atoms with Crippen LogP contribution in [0.2, 0.25) is 0 Å². The van der Waals surface area contributed by atoms with Crippen LogP contribution in [0, 0.1) is 0 Å². The maximum Gasteiger partial charge on any atom is 0.183 e. The third kappa shape index (κ3) is 1.52. The highest BCUT2D eigenvalue weighted by Gasteiger charge is 2.07. The molecule has 0 aliphatic rings. The molecule has 0 saturated carbocycles. The van der Waals surface area contributed by atoms with Gasteiger partial charge in [-0.25, -0.2) is 15.0 Å². The molecule has 14 heavy (non-hydrogen) atoms. The Kier molecular flexibility index (Phi) is 2.53. The molecule has 2 aromatic heterocycles. The van der Waals surface area contributed by atoms with E-state index < -0.39 is 0 Å². The first-order valence-corrected chi connectivity index (χ1v) is 5.56. The second-order valence-electron chi connectivity index (χ2n) is 2.70. The summed E-state index contributed by atoms with van der Waals surface area (Å²) in [4.78, 5) is 15.7. The minimum absolute atomic E-state index is 0.709. The smallest absolute Gasteiger partial charge is 0.183 e. The number of H-pyrrole nitrogens is 1. The molecule has 0 saturated heterocycles. The zero-order chi connectivity index (χ0) is 9.97. The van der Waals surface area contributed by atoms with Crippen molar-refractivity contribution >= 4 is 28.7 Å². The summed E-state index contributed by atoms with van der Waals surface area (Å²) >= 11 is 1.56. The van der Waals surface area contributed by atoms with Gasteiger partial charge < -0.3 is 10.3 Å². The molecule has 2 heterocycles. The van der Waals surface area contributed by atoms with E-state index in [4.69, 9.17) is 0 Å². The fourth-order valence-corrected chi connectivity index (χ4v) is 1.59. The van der Waals surface area contributed by atoms with Crippen LogP contribution in [-0.2, 0) is 0 Å². The fraction of sp³-hybridized carbons (Fsp3) is 0.375. The highest BCUT2D eigenvalue weighted by Crippen LogP contribution is 2.20. The van der Waals surface area contributed by atoms with E-state index in [1.807, 2.05) is 13.2 Å². The number of aromatic amines is 1. The molecule has 0 aromatic carbocycles. The molecule has 0 fully saturated rings. The largest absolute Gasteiger partial charge is 0.368 e. The Balaban J connectivity index is 2.55. The van der Waals surface area contributed by atoms with E-state index in [2.05, 4.69) is 25.3 Å². The first kappa shape index (κ1) is 9.26. The number of rotatable bonds is 3. The standard InChI is InChI=1S/C8H11N5S/c1-3-9-6-5-7(11-4-10-6)13-8(12-5)14-2/h4H,3H2,1-2H3,(H2,9,10,11,12,13). The minimum Gasteiger partial charge on any atom is -0.368 e. The van der Waals surface area contributed by atoms with Crippen LogP contribution in [0.25, 0.3) is 11.2 Å². The van der Waals surface area contributed by atoms with Crippen LogP contribution < -0.4 is 5.32 Å². The second kappa shape index (κ2) is 3.83. The first-order chi connectivity index (χ1) is 6.85. The lowest BCUT2D eigenvalue weighted by Crippen LogP contribution is -2.00. The van der Waals surface area contributed by atoms with Crippen LogP contribution in [0.15, 0.2) is 11.5 Å². The van der Waals surface area contributed by atoms with Crippen LogP contribution in [0.1, 0.15) is 6.92 Å². The number of nitrogens with one attached hydrogen (secondary N) is 2. The lowest BCUT2D eigenvalue weighted by Gasteiger charge is -2.00. The van der Waals surface area contributed by atoms with Gasteiger partial charge in [-0.3, -0.25) is 0 Å². The molecule has 0 amide bonds. The van der Waals surface area contributed by atoms with Gasteiger partial charge in [0.25, 0.3) is 0 Å². The molecule has 0 bridgehead atoms. The van der Waals surface area contributed by atoms with Gasteiger partial charge in [0.1, 0.15) is 11.8 Å². The van der Waals surface area contributed by atoms with Gasteiger partial charge in [0.05, 0.1) is 0 Å². The number of thioether (sulfide) groups is 1. The summed E-state index contributed by atoms with van der Waals surface area (Å²) in [5, 5.41) is 4.02. The molecule has 6 heteroatoms. The van der Waals surface area contributed by atoms with Crippen molar-refractivity contribution in [3.05, 3.63) is 6.33 Å². The molecule has 0 aliphatic carbocycles. The van der Waals surface area contributed by atoms with Crippen LogP contribution in [0.3, 0.4) is 0 Å². The van der Waals surface area contributed by atoms with E-state index in [0.717, 1.165) is 23.0 Å². The third-order valence-electron chi connectivity index (χ3n) is 1.80. The summed E-state index contributed by atoms with van der Waals surface area (Å²) in [6.45, 7) is 2.86. The summed E-state index contributed by atoms with van der Waals surface area (Å²) < 4.78 is 0. The maximum atomic E-state index is 4.29. The van der Waals surface area contributed by atoms with E-state index >= 15 is 0 Å². The van der Waals surface area contributed by atoms with Gasteiger partial charge in [0, 0.05) is 6.54 Å². The predicted molar refractivity (Wildman–Crippen MR) is 57.6 cm³/mol. The highest BCUT2D eigenvalue weighted by molar-refractivity contribution is 7.98. The van der Waals surface area contributed by atoms with Crippen LogP contribution in [0.4, 0.5) is 5.82 Å². The van der Waals surface area contributed by atoms with Crippen molar-refractivity contribution in [1.29, 1.82) is 0 Å². The lowest BCUT2D eigenvalue weighted by molar-refractivity contribution is 1.08. The third-order valence-corrected chi connectivity index (χ3v) is 2.38. The number of imidazole rings is 1. The second-order valence-corrected chi connectivity index (χ2v) is 3.49. The molecule has 2 rings (SSSR count). The molecule has 0 radical (unpaired) electrons. The van der Waals surface area contributed by atoms with E-state index in [1.54, 1.807) is 11.8 Å². The molecular formula is C8H11N5S. The summed E-state index contributed by atoms with van der Waals surface area (Å²) in [7, 11) is 0. The monoisotopic (exact) mass is 209 g/mol. The molecule has 74 valence electrons. The van der Waals surface area contributed by atoms with E-state index in [0.29, 0.717) is 5.65 Å². The zero-order valence-electron chi connectivity index (χ0n) is 8.03. The Morgan fingerprint density at radius 2 is 2.36 bits per heavy atom. The molecule has 0 unspecified atom stereocenters. The first-order valence-electron chi connectivity index (χ1n) is 4.33. The van der Waals surface area contributed by atoms with Crippen LogP contribution in [-0.4, -0.2) is 32.7 Å². The number of hydrogen-bond acceptors (Lipinski definition) is 5. The van der Waals surface area contributed by atoms with Gasteiger partial charge in [-0.1, -0.05) is 11.8 Å². The Bertz CT molecular complexity index is 438. The molecule has 2 aromatic rings. The number of anilines is 1. The highest BCUT2D eigenvalue weighted by atomic mass is 32.2. The maximum absolute atomic E-state index is 4.29.